The molecule has 3 nitrogen and oxygen atoms in total. The lowest BCUT2D eigenvalue weighted by atomic mass is 10.2. The Hall–Kier alpha value is -2.85. The summed E-state index contributed by atoms with van der Waals surface area (Å²) < 4.78 is 18.4. The first-order valence-corrected chi connectivity index (χ1v) is 11.4. The summed E-state index contributed by atoms with van der Waals surface area (Å²) in [5.41, 5.74) is 2.97. The zero-order chi connectivity index (χ0) is 23.0. The fourth-order valence-corrected chi connectivity index (χ4v) is 3.46. The lowest BCUT2D eigenvalue weighted by molar-refractivity contribution is 0.230. The molecular weight excluding hydrogens is 479 g/mol. The van der Waals surface area contributed by atoms with Gasteiger partial charge in [0, 0.05) is 15.1 Å². The maximum Gasteiger partial charge on any atom is 0.203 e. The maximum atomic E-state index is 6.17. The van der Waals surface area contributed by atoms with Gasteiger partial charge in [0.15, 0.2) is 11.5 Å². The molecule has 0 amide bonds. The molecule has 0 aliphatic heterocycles. The molecule has 0 radical (unpaired) electrons. The highest BCUT2D eigenvalue weighted by Gasteiger charge is 2.14. The van der Waals surface area contributed by atoms with Crippen molar-refractivity contribution >= 4 is 34.8 Å². The zero-order valence-electron chi connectivity index (χ0n) is 17.6. The molecule has 0 saturated heterocycles. The second-order valence-electron chi connectivity index (χ2n) is 7.33. The second-order valence-corrected chi connectivity index (χ2v) is 8.64. The molecule has 168 valence electrons. The van der Waals surface area contributed by atoms with Crippen molar-refractivity contribution in [2.45, 2.75) is 19.8 Å². The van der Waals surface area contributed by atoms with Gasteiger partial charge in [0.1, 0.15) is 19.8 Å². The molecule has 6 heteroatoms. The van der Waals surface area contributed by atoms with Crippen molar-refractivity contribution in [1.29, 1.82) is 0 Å². The van der Waals surface area contributed by atoms with Crippen molar-refractivity contribution in [1.82, 2.24) is 0 Å². The van der Waals surface area contributed by atoms with Crippen LogP contribution >= 0.6 is 34.8 Å². The Kier molecular flexibility index (Phi) is 8.01. The minimum absolute atomic E-state index is 0.343. The first kappa shape index (κ1) is 23.3. The van der Waals surface area contributed by atoms with Gasteiger partial charge in [-0.2, -0.15) is 0 Å². The Morgan fingerprint density at radius 2 is 0.758 bits per heavy atom. The minimum atomic E-state index is 0.343. The van der Waals surface area contributed by atoms with Gasteiger partial charge in [-0.3, -0.25) is 0 Å². The van der Waals surface area contributed by atoms with Crippen LogP contribution in [0, 0.1) is 0 Å². The van der Waals surface area contributed by atoms with E-state index < -0.39 is 0 Å². The van der Waals surface area contributed by atoms with Gasteiger partial charge in [0.05, 0.1) is 0 Å². The molecule has 33 heavy (non-hydrogen) atoms. The van der Waals surface area contributed by atoms with Crippen molar-refractivity contribution in [3.63, 3.8) is 0 Å². The average Bonchev–Trinajstić information content (AvgIpc) is 2.83. The standard InChI is InChI=1S/C27H21Cl3O3/c28-22-10-4-19(5-11-22)16-31-25-2-1-3-26(32-17-20-6-12-23(29)13-7-20)27(25)33-18-21-8-14-24(30)15-9-21/h1-15H,16-18H2. The Morgan fingerprint density at radius 1 is 0.424 bits per heavy atom. The van der Waals surface area contributed by atoms with Crippen molar-refractivity contribution in [2.24, 2.45) is 0 Å². The molecule has 4 aromatic carbocycles. The quantitative estimate of drug-likeness (QED) is 0.231. The first-order chi connectivity index (χ1) is 16.1. The SMILES string of the molecule is Clc1ccc(COc2cccc(OCc3ccc(Cl)cc3)c2OCc2ccc(Cl)cc2)cc1. The van der Waals surface area contributed by atoms with Crippen LogP contribution < -0.4 is 14.2 Å². The van der Waals surface area contributed by atoms with E-state index in [0.717, 1.165) is 16.7 Å². The lowest BCUT2D eigenvalue weighted by Crippen LogP contribution is -2.04. The van der Waals surface area contributed by atoms with E-state index in [4.69, 9.17) is 49.0 Å². The van der Waals surface area contributed by atoms with Gasteiger partial charge >= 0.3 is 0 Å². The minimum Gasteiger partial charge on any atom is -0.485 e. The predicted molar refractivity (Wildman–Crippen MR) is 134 cm³/mol. The van der Waals surface area contributed by atoms with Gasteiger partial charge in [-0.15, -0.1) is 0 Å². The summed E-state index contributed by atoms with van der Waals surface area (Å²) in [6.07, 6.45) is 0. The number of para-hydroxylation sites is 1. The lowest BCUT2D eigenvalue weighted by Gasteiger charge is -2.17. The molecule has 0 aliphatic carbocycles. The number of benzene rings is 4. The molecule has 0 heterocycles. The number of halogens is 3. The summed E-state index contributed by atoms with van der Waals surface area (Å²) in [6, 6.07) is 28.2. The fourth-order valence-electron chi connectivity index (χ4n) is 3.08. The summed E-state index contributed by atoms with van der Waals surface area (Å²) in [6.45, 7) is 1.08. The summed E-state index contributed by atoms with van der Waals surface area (Å²) >= 11 is 18.0. The van der Waals surface area contributed by atoms with E-state index in [1.165, 1.54) is 0 Å². The van der Waals surface area contributed by atoms with Crippen molar-refractivity contribution in [3.8, 4) is 17.2 Å². The third kappa shape index (κ3) is 6.82. The van der Waals surface area contributed by atoms with Gasteiger partial charge < -0.3 is 14.2 Å². The highest BCUT2D eigenvalue weighted by atomic mass is 35.5. The van der Waals surface area contributed by atoms with Crippen molar-refractivity contribution in [3.05, 3.63) is 123 Å². The summed E-state index contributed by atoms with van der Waals surface area (Å²) in [5.74, 6) is 1.72. The predicted octanol–water partition coefficient (Wildman–Crippen LogP) is 8.38. The van der Waals surface area contributed by atoms with Gasteiger partial charge in [-0.05, 0) is 65.2 Å². The molecule has 0 spiro atoms. The van der Waals surface area contributed by atoms with Crippen LogP contribution in [0.3, 0.4) is 0 Å². The third-order valence-corrected chi connectivity index (χ3v) is 5.61. The largest absolute Gasteiger partial charge is 0.485 e. The summed E-state index contributed by atoms with van der Waals surface area (Å²) in [4.78, 5) is 0. The monoisotopic (exact) mass is 498 g/mol. The van der Waals surface area contributed by atoms with E-state index in [1.54, 1.807) is 0 Å². The zero-order valence-corrected chi connectivity index (χ0v) is 19.9. The van der Waals surface area contributed by atoms with Crippen molar-refractivity contribution < 1.29 is 14.2 Å². The highest BCUT2D eigenvalue weighted by molar-refractivity contribution is 6.31. The van der Waals surface area contributed by atoms with Crippen LogP contribution in [0.5, 0.6) is 17.2 Å². The normalized spacial score (nSPS) is 10.6. The molecule has 0 fully saturated rings. The maximum absolute atomic E-state index is 6.17. The van der Waals surface area contributed by atoms with E-state index in [2.05, 4.69) is 0 Å². The molecular formula is C27H21Cl3O3. The van der Waals surface area contributed by atoms with Crippen LogP contribution in [-0.2, 0) is 19.8 Å². The molecule has 0 atom stereocenters. The number of hydrogen-bond donors (Lipinski definition) is 0. The smallest absolute Gasteiger partial charge is 0.203 e. The highest BCUT2D eigenvalue weighted by Crippen LogP contribution is 2.39. The Labute approximate surface area is 208 Å². The molecule has 0 bridgehead atoms. The van der Waals surface area contributed by atoms with E-state index in [-0.39, 0.29) is 0 Å². The number of hydrogen-bond acceptors (Lipinski definition) is 3. The van der Waals surface area contributed by atoms with Gasteiger partial charge in [0.25, 0.3) is 0 Å². The van der Waals surface area contributed by atoms with Crippen LogP contribution in [0.1, 0.15) is 16.7 Å². The molecule has 0 aliphatic rings. The van der Waals surface area contributed by atoms with Crippen LogP contribution in [-0.4, -0.2) is 0 Å². The molecule has 0 saturated carbocycles. The van der Waals surface area contributed by atoms with Crippen LogP contribution in [0.2, 0.25) is 15.1 Å². The van der Waals surface area contributed by atoms with Crippen LogP contribution in [0.25, 0.3) is 0 Å². The average molecular weight is 500 g/mol. The Morgan fingerprint density at radius 3 is 1.12 bits per heavy atom. The van der Waals surface area contributed by atoms with E-state index in [1.807, 2.05) is 91.0 Å². The van der Waals surface area contributed by atoms with Gasteiger partial charge in [-0.1, -0.05) is 77.3 Å². The fraction of sp³-hybridized carbons (Fsp3) is 0.111. The first-order valence-electron chi connectivity index (χ1n) is 10.3. The molecule has 0 N–H and O–H groups in total. The van der Waals surface area contributed by atoms with Gasteiger partial charge in [0.2, 0.25) is 5.75 Å². The Balaban J connectivity index is 1.53. The molecule has 0 unspecified atom stereocenters. The number of rotatable bonds is 9. The molecule has 0 aromatic heterocycles. The van der Waals surface area contributed by atoms with Gasteiger partial charge in [-0.25, -0.2) is 0 Å². The van der Waals surface area contributed by atoms with E-state index in [9.17, 15) is 0 Å². The molecule has 4 rings (SSSR count). The van der Waals surface area contributed by atoms with E-state index in [0.29, 0.717) is 52.1 Å². The van der Waals surface area contributed by atoms with Crippen LogP contribution in [0.15, 0.2) is 91.0 Å². The Bertz CT molecular complexity index is 1110. The number of ether oxygens (including phenoxy) is 3. The third-order valence-electron chi connectivity index (χ3n) is 4.85. The van der Waals surface area contributed by atoms with E-state index >= 15 is 0 Å². The van der Waals surface area contributed by atoms with Crippen LogP contribution in [0.4, 0.5) is 0 Å². The summed E-state index contributed by atoms with van der Waals surface area (Å²) in [7, 11) is 0. The summed E-state index contributed by atoms with van der Waals surface area (Å²) in [5, 5.41) is 2.05. The molecule has 4 aromatic rings. The van der Waals surface area contributed by atoms with Crippen molar-refractivity contribution in [2.75, 3.05) is 0 Å². The topological polar surface area (TPSA) is 27.7 Å². The second kappa shape index (κ2) is 11.3.